The minimum Gasteiger partial charge on any atom is -0.385 e. The lowest BCUT2D eigenvalue weighted by molar-refractivity contribution is 0.0943. The SMILES string of the molecule is COCCCNC(=O)c1ccc(N2CCN(c3cccc(C)c3C)CC2)cn1. The molecule has 150 valence electrons. The van der Waals surface area contributed by atoms with Crippen molar-refractivity contribution in [2.45, 2.75) is 20.3 Å². The van der Waals surface area contributed by atoms with Crippen LogP contribution in [0.4, 0.5) is 11.4 Å². The fourth-order valence-electron chi connectivity index (χ4n) is 3.50. The second kappa shape index (κ2) is 9.55. The van der Waals surface area contributed by atoms with Gasteiger partial charge in [-0.15, -0.1) is 0 Å². The second-order valence-electron chi connectivity index (χ2n) is 7.20. The number of nitrogens with zero attached hydrogens (tertiary/aromatic N) is 3. The van der Waals surface area contributed by atoms with Crippen LogP contribution in [-0.2, 0) is 4.74 Å². The molecule has 6 heteroatoms. The molecular formula is C22H30N4O2. The van der Waals surface area contributed by atoms with Gasteiger partial charge in [-0.3, -0.25) is 4.79 Å². The van der Waals surface area contributed by atoms with Gasteiger partial charge in [0.1, 0.15) is 5.69 Å². The maximum Gasteiger partial charge on any atom is 0.269 e. The van der Waals surface area contributed by atoms with E-state index in [1.807, 2.05) is 6.07 Å². The molecule has 1 aliphatic heterocycles. The number of rotatable bonds is 7. The Morgan fingerprint density at radius 2 is 1.86 bits per heavy atom. The normalized spacial score (nSPS) is 14.2. The molecule has 2 aromatic rings. The zero-order valence-electron chi connectivity index (χ0n) is 17.1. The van der Waals surface area contributed by atoms with Crippen LogP contribution < -0.4 is 15.1 Å². The molecule has 0 unspecified atom stereocenters. The van der Waals surface area contributed by atoms with Crippen LogP contribution in [0.25, 0.3) is 0 Å². The fraction of sp³-hybridized carbons (Fsp3) is 0.455. The predicted molar refractivity (Wildman–Crippen MR) is 113 cm³/mol. The molecule has 28 heavy (non-hydrogen) atoms. The van der Waals surface area contributed by atoms with Gasteiger partial charge in [0.05, 0.1) is 11.9 Å². The van der Waals surface area contributed by atoms with E-state index in [1.54, 1.807) is 19.4 Å². The highest BCUT2D eigenvalue weighted by atomic mass is 16.5. The number of piperazine rings is 1. The third-order valence-electron chi connectivity index (χ3n) is 5.35. The van der Waals surface area contributed by atoms with Crippen molar-refractivity contribution in [2.75, 3.05) is 56.2 Å². The fourth-order valence-corrected chi connectivity index (χ4v) is 3.50. The van der Waals surface area contributed by atoms with Gasteiger partial charge >= 0.3 is 0 Å². The zero-order chi connectivity index (χ0) is 19.9. The van der Waals surface area contributed by atoms with E-state index in [0.29, 0.717) is 18.8 Å². The quantitative estimate of drug-likeness (QED) is 0.747. The van der Waals surface area contributed by atoms with Gasteiger partial charge in [0.15, 0.2) is 0 Å². The Morgan fingerprint density at radius 3 is 2.54 bits per heavy atom. The van der Waals surface area contributed by atoms with Gasteiger partial charge in [-0.1, -0.05) is 12.1 Å². The summed E-state index contributed by atoms with van der Waals surface area (Å²) in [5.41, 5.74) is 5.55. The summed E-state index contributed by atoms with van der Waals surface area (Å²) in [6.45, 7) is 9.43. The van der Waals surface area contributed by atoms with Gasteiger partial charge < -0.3 is 19.9 Å². The molecule has 3 rings (SSSR count). The van der Waals surface area contributed by atoms with Crippen molar-refractivity contribution in [2.24, 2.45) is 0 Å². The molecule has 1 amide bonds. The molecule has 1 aromatic carbocycles. The van der Waals surface area contributed by atoms with Gasteiger partial charge in [0.2, 0.25) is 0 Å². The third kappa shape index (κ3) is 4.81. The van der Waals surface area contributed by atoms with E-state index in [2.05, 4.69) is 52.1 Å². The summed E-state index contributed by atoms with van der Waals surface area (Å²) in [4.78, 5) is 21.3. The standard InChI is InChI=1S/C22H30N4O2/c1-17-6-4-7-21(18(17)2)26-13-11-25(12-14-26)19-8-9-20(24-16-19)22(27)23-10-5-15-28-3/h4,6-9,16H,5,10-15H2,1-3H3,(H,23,27). The number of carbonyl (C=O) groups is 1. The van der Waals surface area contributed by atoms with Crippen LogP contribution in [0.15, 0.2) is 36.5 Å². The van der Waals surface area contributed by atoms with Crippen LogP contribution in [0.2, 0.25) is 0 Å². The summed E-state index contributed by atoms with van der Waals surface area (Å²) in [5, 5.41) is 2.86. The molecule has 0 bridgehead atoms. The predicted octanol–water partition coefficient (Wildman–Crippen LogP) is 2.79. The van der Waals surface area contributed by atoms with Crippen LogP contribution in [-0.4, -0.2) is 57.3 Å². The summed E-state index contributed by atoms with van der Waals surface area (Å²) in [5.74, 6) is -0.137. The van der Waals surface area contributed by atoms with E-state index >= 15 is 0 Å². The third-order valence-corrected chi connectivity index (χ3v) is 5.35. The molecule has 0 radical (unpaired) electrons. The molecule has 1 saturated heterocycles. The van der Waals surface area contributed by atoms with Crippen LogP contribution in [0.5, 0.6) is 0 Å². The number of benzene rings is 1. The first-order valence-corrected chi connectivity index (χ1v) is 9.89. The molecular weight excluding hydrogens is 352 g/mol. The average molecular weight is 383 g/mol. The number of hydrogen-bond acceptors (Lipinski definition) is 5. The van der Waals surface area contributed by atoms with Gasteiger partial charge in [-0.25, -0.2) is 4.98 Å². The Bertz CT molecular complexity index is 784. The monoisotopic (exact) mass is 382 g/mol. The number of pyridine rings is 1. The minimum absolute atomic E-state index is 0.137. The highest BCUT2D eigenvalue weighted by Gasteiger charge is 2.19. The van der Waals surface area contributed by atoms with Crippen molar-refractivity contribution >= 4 is 17.3 Å². The van der Waals surface area contributed by atoms with E-state index in [0.717, 1.165) is 38.3 Å². The number of carbonyl (C=O) groups excluding carboxylic acids is 1. The average Bonchev–Trinajstić information content (AvgIpc) is 2.73. The van der Waals surface area contributed by atoms with Crippen molar-refractivity contribution < 1.29 is 9.53 Å². The Morgan fingerprint density at radius 1 is 1.11 bits per heavy atom. The Balaban J connectivity index is 1.54. The van der Waals surface area contributed by atoms with Crippen molar-refractivity contribution in [1.29, 1.82) is 0 Å². The number of hydrogen-bond donors (Lipinski definition) is 1. The Hall–Kier alpha value is -2.60. The van der Waals surface area contributed by atoms with Crippen LogP contribution in [0.1, 0.15) is 28.0 Å². The van der Waals surface area contributed by atoms with Crippen molar-refractivity contribution in [3.8, 4) is 0 Å². The molecule has 1 aliphatic rings. The summed E-state index contributed by atoms with van der Waals surface area (Å²) < 4.78 is 4.98. The van der Waals surface area contributed by atoms with Gasteiger partial charge in [-0.05, 0) is 49.6 Å². The number of methoxy groups -OCH3 is 1. The zero-order valence-corrected chi connectivity index (χ0v) is 17.1. The Labute approximate surface area is 167 Å². The van der Waals surface area contributed by atoms with Crippen LogP contribution >= 0.6 is 0 Å². The number of anilines is 2. The summed E-state index contributed by atoms with van der Waals surface area (Å²) >= 11 is 0. The van der Waals surface area contributed by atoms with Crippen molar-refractivity contribution in [3.05, 3.63) is 53.3 Å². The van der Waals surface area contributed by atoms with Crippen molar-refractivity contribution in [1.82, 2.24) is 10.3 Å². The number of ether oxygens (including phenoxy) is 1. The number of nitrogens with one attached hydrogen (secondary N) is 1. The van der Waals surface area contributed by atoms with Crippen LogP contribution in [0, 0.1) is 13.8 Å². The largest absolute Gasteiger partial charge is 0.385 e. The lowest BCUT2D eigenvalue weighted by Gasteiger charge is -2.38. The lowest BCUT2D eigenvalue weighted by Crippen LogP contribution is -2.46. The van der Waals surface area contributed by atoms with E-state index in [1.165, 1.54) is 16.8 Å². The van der Waals surface area contributed by atoms with E-state index in [9.17, 15) is 4.79 Å². The highest BCUT2D eigenvalue weighted by molar-refractivity contribution is 5.92. The summed E-state index contributed by atoms with van der Waals surface area (Å²) in [6.07, 6.45) is 2.60. The van der Waals surface area contributed by atoms with Gasteiger partial charge in [0.25, 0.3) is 5.91 Å². The molecule has 1 fully saturated rings. The van der Waals surface area contributed by atoms with E-state index in [4.69, 9.17) is 4.74 Å². The molecule has 2 heterocycles. The van der Waals surface area contributed by atoms with E-state index < -0.39 is 0 Å². The molecule has 0 aliphatic carbocycles. The van der Waals surface area contributed by atoms with E-state index in [-0.39, 0.29) is 5.91 Å². The number of aromatic nitrogens is 1. The lowest BCUT2D eigenvalue weighted by atomic mass is 10.1. The van der Waals surface area contributed by atoms with Crippen molar-refractivity contribution in [3.63, 3.8) is 0 Å². The maximum absolute atomic E-state index is 12.1. The minimum atomic E-state index is -0.137. The Kier molecular flexibility index (Phi) is 6.87. The van der Waals surface area contributed by atoms with Gasteiger partial charge in [0, 0.05) is 52.1 Å². The molecule has 1 aromatic heterocycles. The van der Waals surface area contributed by atoms with Crippen LogP contribution in [0.3, 0.4) is 0 Å². The molecule has 0 atom stereocenters. The molecule has 0 saturated carbocycles. The molecule has 1 N–H and O–H groups in total. The first kappa shape index (κ1) is 20.1. The molecule has 6 nitrogen and oxygen atoms in total. The summed E-state index contributed by atoms with van der Waals surface area (Å²) in [7, 11) is 1.66. The van der Waals surface area contributed by atoms with Gasteiger partial charge in [-0.2, -0.15) is 0 Å². The smallest absolute Gasteiger partial charge is 0.269 e. The maximum atomic E-state index is 12.1. The number of amides is 1. The highest BCUT2D eigenvalue weighted by Crippen LogP contribution is 2.25. The first-order valence-electron chi connectivity index (χ1n) is 9.89. The number of aryl methyl sites for hydroxylation is 1. The summed E-state index contributed by atoms with van der Waals surface area (Å²) in [6, 6.07) is 10.3. The first-order chi connectivity index (χ1) is 13.6. The molecule has 0 spiro atoms. The second-order valence-corrected chi connectivity index (χ2v) is 7.20. The topological polar surface area (TPSA) is 57.7 Å².